The lowest BCUT2D eigenvalue weighted by molar-refractivity contribution is 0.414. The molecule has 1 aliphatic rings. The summed E-state index contributed by atoms with van der Waals surface area (Å²) in [5.74, 6) is 1.60. The molecule has 0 amide bonds. The zero-order chi connectivity index (χ0) is 23.2. The summed E-state index contributed by atoms with van der Waals surface area (Å²) in [5.41, 5.74) is 2.21. The minimum atomic E-state index is -0.159. The number of methoxy groups -OCH3 is 1. The van der Waals surface area contributed by atoms with E-state index in [-0.39, 0.29) is 11.1 Å². The number of nitrogens with zero attached hydrogens (tertiary/aromatic N) is 3. The van der Waals surface area contributed by atoms with Crippen LogP contribution in [-0.2, 0) is 18.6 Å². The Morgan fingerprint density at radius 3 is 2.88 bits per heavy atom. The van der Waals surface area contributed by atoms with Gasteiger partial charge in [0.05, 0.1) is 34.8 Å². The number of nitrogens with one attached hydrogen (secondary N) is 1. The Bertz CT molecular complexity index is 1690. The molecule has 170 valence electrons. The van der Waals surface area contributed by atoms with Crippen LogP contribution in [0.4, 0.5) is 0 Å². The highest BCUT2D eigenvalue weighted by molar-refractivity contribution is 7.98. The van der Waals surface area contributed by atoms with Crippen molar-refractivity contribution in [2.45, 2.75) is 30.2 Å². The first kappa shape index (κ1) is 21.1. The van der Waals surface area contributed by atoms with Crippen LogP contribution >= 0.6 is 23.1 Å². The van der Waals surface area contributed by atoms with Crippen molar-refractivity contribution in [1.29, 1.82) is 0 Å². The molecule has 0 aliphatic heterocycles. The van der Waals surface area contributed by atoms with Gasteiger partial charge >= 0.3 is 0 Å². The topological polar surface area (TPSA) is 89.9 Å². The summed E-state index contributed by atoms with van der Waals surface area (Å²) < 4.78 is 6.95. The van der Waals surface area contributed by atoms with Crippen molar-refractivity contribution in [3.05, 3.63) is 85.5 Å². The number of thiophene rings is 1. The predicted molar refractivity (Wildman–Crippen MR) is 136 cm³/mol. The molecule has 1 N–H and O–H groups in total. The van der Waals surface area contributed by atoms with Crippen LogP contribution in [-0.4, -0.2) is 26.6 Å². The summed E-state index contributed by atoms with van der Waals surface area (Å²) in [6.45, 7) is 0. The Labute approximate surface area is 202 Å². The molecule has 0 bridgehead atoms. The number of hydrogen-bond acceptors (Lipinski definition) is 7. The Hall–Kier alpha value is -3.43. The second kappa shape index (κ2) is 8.41. The SMILES string of the molecule is COc1cccc(-n2c(SCc3nc4sc5c(c4c(=O)[nH]3)CCC5)nc3ccccc3c2=O)c1. The molecule has 0 unspecified atom stereocenters. The fraction of sp³-hybridized carbons (Fsp3) is 0.200. The van der Waals surface area contributed by atoms with E-state index in [2.05, 4.69) is 4.98 Å². The molecule has 3 aromatic heterocycles. The van der Waals surface area contributed by atoms with Gasteiger partial charge in [0, 0.05) is 10.9 Å². The van der Waals surface area contributed by atoms with Crippen LogP contribution in [0.25, 0.3) is 26.8 Å². The number of H-pyrrole nitrogens is 1. The van der Waals surface area contributed by atoms with Crippen LogP contribution in [0, 0.1) is 0 Å². The third-order valence-corrected chi connectivity index (χ3v) is 8.15. The number of ether oxygens (including phenoxy) is 1. The molecule has 0 saturated heterocycles. The van der Waals surface area contributed by atoms with Crippen LogP contribution in [0.15, 0.2) is 63.3 Å². The molecule has 2 aromatic carbocycles. The molecule has 9 heteroatoms. The lowest BCUT2D eigenvalue weighted by Gasteiger charge is -2.14. The van der Waals surface area contributed by atoms with Crippen molar-refractivity contribution in [1.82, 2.24) is 19.5 Å². The largest absolute Gasteiger partial charge is 0.497 e. The summed E-state index contributed by atoms with van der Waals surface area (Å²) in [5, 5.41) is 1.80. The van der Waals surface area contributed by atoms with Crippen LogP contribution < -0.4 is 15.9 Å². The van der Waals surface area contributed by atoms with E-state index in [0.717, 1.165) is 35.0 Å². The number of hydrogen-bond donors (Lipinski definition) is 1. The number of aromatic nitrogens is 4. The first-order chi connectivity index (χ1) is 16.6. The minimum Gasteiger partial charge on any atom is -0.497 e. The van der Waals surface area contributed by atoms with Gasteiger partial charge in [-0.2, -0.15) is 0 Å². The molecule has 0 fully saturated rings. The van der Waals surface area contributed by atoms with Crippen LogP contribution in [0.1, 0.15) is 22.7 Å². The molecule has 5 aromatic rings. The molecule has 6 rings (SSSR count). The first-order valence-electron chi connectivity index (χ1n) is 10.9. The maximum Gasteiger partial charge on any atom is 0.266 e. The molecule has 3 heterocycles. The lowest BCUT2D eigenvalue weighted by Crippen LogP contribution is -2.22. The third-order valence-electron chi connectivity index (χ3n) is 6.02. The maximum atomic E-state index is 13.5. The Kier molecular flexibility index (Phi) is 5.23. The van der Waals surface area contributed by atoms with Crippen molar-refractivity contribution in [3.8, 4) is 11.4 Å². The molecular weight excluding hydrogens is 468 g/mol. The average Bonchev–Trinajstić information content (AvgIpc) is 3.44. The van der Waals surface area contributed by atoms with Gasteiger partial charge in [-0.05, 0) is 49.1 Å². The smallest absolute Gasteiger partial charge is 0.266 e. The predicted octanol–water partition coefficient (Wildman–Crippen LogP) is 4.47. The second-order valence-electron chi connectivity index (χ2n) is 8.09. The molecule has 34 heavy (non-hydrogen) atoms. The quantitative estimate of drug-likeness (QED) is 0.290. The Balaban J connectivity index is 1.43. The van der Waals surface area contributed by atoms with Gasteiger partial charge in [0.25, 0.3) is 11.1 Å². The number of para-hydroxylation sites is 1. The summed E-state index contributed by atoms with van der Waals surface area (Å²) >= 11 is 2.99. The van der Waals surface area contributed by atoms with E-state index >= 15 is 0 Å². The fourth-order valence-electron chi connectivity index (χ4n) is 4.43. The van der Waals surface area contributed by atoms with Gasteiger partial charge in [0.15, 0.2) is 5.16 Å². The summed E-state index contributed by atoms with van der Waals surface area (Å²) in [6, 6.07) is 14.6. The lowest BCUT2D eigenvalue weighted by atomic mass is 10.2. The van der Waals surface area contributed by atoms with E-state index in [9.17, 15) is 9.59 Å². The van der Waals surface area contributed by atoms with Gasteiger partial charge in [-0.15, -0.1) is 11.3 Å². The molecule has 0 saturated carbocycles. The average molecular weight is 489 g/mol. The van der Waals surface area contributed by atoms with E-state index in [0.29, 0.717) is 39.1 Å². The van der Waals surface area contributed by atoms with Gasteiger partial charge in [-0.1, -0.05) is 30.0 Å². The Morgan fingerprint density at radius 1 is 1.12 bits per heavy atom. The highest BCUT2D eigenvalue weighted by atomic mass is 32.2. The van der Waals surface area contributed by atoms with Crippen molar-refractivity contribution >= 4 is 44.2 Å². The third kappa shape index (κ3) is 3.52. The van der Waals surface area contributed by atoms with Crippen molar-refractivity contribution in [2.75, 3.05) is 7.11 Å². The molecule has 1 aliphatic carbocycles. The van der Waals surface area contributed by atoms with E-state index in [1.165, 1.54) is 16.6 Å². The standard InChI is InChI=1S/C25H20N4O3S2/c1-32-15-7-4-6-14(12-15)29-24(31)16-8-2-3-10-18(16)26-25(29)33-13-20-27-22(30)21-17-9-5-11-19(17)34-23(21)28-20/h2-4,6-8,10,12H,5,9,11,13H2,1H3,(H,27,28,30). The van der Waals surface area contributed by atoms with Gasteiger partial charge in [0.1, 0.15) is 16.4 Å². The number of aromatic amines is 1. The molecule has 7 nitrogen and oxygen atoms in total. The monoisotopic (exact) mass is 488 g/mol. The highest BCUT2D eigenvalue weighted by Gasteiger charge is 2.21. The van der Waals surface area contributed by atoms with Crippen LogP contribution in [0.2, 0.25) is 0 Å². The van der Waals surface area contributed by atoms with E-state index < -0.39 is 0 Å². The van der Waals surface area contributed by atoms with Crippen molar-refractivity contribution < 1.29 is 4.74 Å². The van der Waals surface area contributed by atoms with Crippen molar-refractivity contribution in [2.24, 2.45) is 0 Å². The number of fused-ring (bicyclic) bond motifs is 4. The normalized spacial score (nSPS) is 13.0. The molecule has 0 spiro atoms. The first-order valence-corrected chi connectivity index (χ1v) is 12.7. The van der Waals surface area contributed by atoms with E-state index in [1.807, 2.05) is 36.4 Å². The number of benzene rings is 2. The van der Waals surface area contributed by atoms with Crippen molar-refractivity contribution in [3.63, 3.8) is 0 Å². The van der Waals surface area contributed by atoms with Gasteiger partial charge < -0.3 is 9.72 Å². The fourth-order valence-corrected chi connectivity index (χ4v) is 6.60. The van der Waals surface area contributed by atoms with Crippen LogP contribution in [0.3, 0.4) is 0 Å². The molecule has 0 radical (unpaired) electrons. The van der Waals surface area contributed by atoms with Gasteiger partial charge in [0.2, 0.25) is 0 Å². The highest BCUT2D eigenvalue weighted by Crippen LogP contribution is 2.35. The Morgan fingerprint density at radius 2 is 2.00 bits per heavy atom. The maximum absolute atomic E-state index is 13.5. The molecule has 0 atom stereocenters. The zero-order valence-electron chi connectivity index (χ0n) is 18.3. The van der Waals surface area contributed by atoms with E-state index in [1.54, 1.807) is 35.1 Å². The summed E-state index contributed by atoms with van der Waals surface area (Å²) in [4.78, 5) is 40.8. The number of rotatable bonds is 5. The van der Waals surface area contributed by atoms with E-state index in [4.69, 9.17) is 14.7 Å². The number of thioether (sulfide) groups is 1. The number of aryl methyl sites for hydroxylation is 2. The zero-order valence-corrected chi connectivity index (χ0v) is 20.0. The second-order valence-corrected chi connectivity index (χ2v) is 10.1. The minimum absolute atomic E-state index is 0.0864. The molecular formula is C25H20N4O3S2. The van der Waals surface area contributed by atoms with Crippen LogP contribution in [0.5, 0.6) is 5.75 Å². The van der Waals surface area contributed by atoms with Gasteiger partial charge in [-0.25, -0.2) is 9.97 Å². The van der Waals surface area contributed by atoms with Gasteiger partial charge in [-0.3, -0.25) is 14.2 Å². The summed E-state index contributed by atoms with van der Waals surface area (Å²) in [7, 11) is 1.59. The summed E-state index contributed by atoms with van der Waals surface area (Å²) in [6.07, 6.45) is 3.07.